The van der Waals surface area contributed by atoms with E-state index in [1.54, 1.807) is 15.8 Å². The van der Waals surface area contributed by atoms with Crippen molar-refractivity contribution in [1.82, 2.24) is 19.9 Å². The van der Waals surface area contributed by atoms with Crippen molar-refractivity contribution in [3.05, 3.63) is 11.9 Å². The van der Waals surface area contributed by atoms with E-state index in [-0.39, 0.29) is 18.6 Å². The molecule has 0 aromatic carbocycles. The van der Waals surface area contributed by atoms with E-state index in [9.17, 15) is 9.90 Å². The Bertz CT molecular complexity index is 392. The number of aliphatic hydroxyl groups excluding tert-OH is 1. The minimum atomic E-state index is -0.162. The predicted octanol–water partition coefficient (Wildman–Crippen LogP) is -1.17. The highest BCUT2D eigenvalue weighted by Gasteiger charge is 2.30. The molecule has 0 spiro atoms. The number of carbonyl (C=O) groups is 1. The second kappa shape index (κ2) is 5.24. The summed E-state index contributed by atoms with van der Waals surface area (Å²) in [6, 6.07) is -0.0813. The summed E-state index contributed by atoms with van der Waals surface area (Å²) in [5.41, 5.74) is 5.71. The Labute approximate surface area is 99.2 Å². The first-order chi connectivity index (χ1) is 8.26. The maximum Gasteiger partial charge on any atom is 0.276 e. The van der Waals surface area contributed by atoms with Gasteiger partial charge in [0.15, 0.2) is 5.69 Å². The summed E-state index contributed by atoms with van der Waals surface area (Å²) in [5.74, 6) is -0.162. The molecule has 0 radical (unpaired) electrons. The van der Waals surface area contributed by atoms with Gasteiger partial charge in [-0.05, 0) is 12.8 Å². The number of amides is 1. The molecule has 7 nitrogen and oxygen atoms in total. The predicted molar refractivity (Wildman–Crippen MR) is 60.2 cm³/mol. The third-order valence-corrected chi connectivity index (χ3v) is 2.96. The molecule has 17 heavy (non-hydrogen) atoms. The zero-order valence-corrected chi connectivity index (χ0v) is 9.62. The second-order valence-corrected chi connectivity index (χ2v) is 4.13. The largest absolute Gasteiger partial charge is 0.394 e. The molecule has 1 saturated heterocycles. The Hall–Kier alpha value is -1.47. The number of hydrogen-bond acceptors (Lipinski definition) is 5. The van der Waals surface area contributed by atoms with Gasteiger partial charge in [0.1, 0.15) is 0 Å². The number of aliphatic hydroxyl groups is 1. The smallest absolute Gasteiger partial charge is 0.276 e. The van der Waals surface area contributed by atoms with Gasteiger partial charge in [-0.25, -0.2) is 0 Å². The topological polar surface area (TPSA) is 97.3 Å². The average molecular weight is 239 g/mol. The molecule has 0 saturated carbocycles. The molecule has 3 N–H and O–H groups in total. The molecular weight excluding hydrogens is 222 g/mol. The SMILES string of the molecule is NCCn1cc(C(=O)N2CCC[C@H]2CO)nn1. The van der Waals surface area contributed by atoms with Crippen molar-refractivity contribution < 1.29 is 9.90 Å². The maximum absolute atomic E-state index is 12.1. The standard InChI is InChI=1S/C10H17N5O2/c11-3-5-14-6-9(12-13-14)10(17)15-4-1-2-8(15)7-16/h6,8,16H,1-5,7,11H2/t8-/m0/s1. The van der Waals surface area contributed by atoms with E-state index in [2.05, 4.69) is 10.3 Å². The first kappa shape index (κ1) is 12.0. The molecule has 1 atom stereocenters. The summed E-state index contributed by atoms with van der Waals surface area (Å²) in [6.07, 6.45) is 3.37. The van der Waals surface area contributed by atoms with Crippen molar-refractivity contribution in [2.75, 3.05) is 19.7 Å². The lowest BCUT2D eigenvalue weighted by Crippen LogP contribution is -2.37. The molecule has 1 amide bonds. The van der Waals surface area contributed by atoms with E-state index in [4.69, 9.17) is 5.73 Å². The molecular formula is C10H17N5O2. The zero-order chi connectivity index (χ0) is 12.3. The second-order valence-electron chi connectivity index (χ2n) is 4.13. The summed E-state index contributed by atoms with van der Waals surface area (Å²) in [7, 11) is 0. The number of aromatic nitrogens is 3. The first-order valence-electron chi connectivity index (χ1n) is 5.78. The van der Waals surface area contributed by atoms with Gasteiger partial charge in [-0.15, -0.1) is 5.10 Å². The van der Waals surface area contributed by atoms with Crippen LogP contribution in [0.15, 0.2) is 6.20 Å². The van der Waals surface area contributed by atoms with E-state index < -0.39 is 0 Å². The van der Waals surface area contributed by atoms with Crippen LogP contribution in [0.1, 0.15) is 23.3 Å². The van der Waals surface area contributed by atoms with E-state index in [1.165, 1.54) is 0 Å². The van der Waals surface area contributed by atoms with Gasteiger partial charge >= 0.3 is 0 Å². The van der Waals surface area contributed by atoms with Gasteiger partial charge in [0.05, 0.1) is 25.4 Å². The van der Waals surface area contributed by atoms with Crippen LogP contribution in [0.3, 0.4) is 0 Å². The molecule has 1 aromatic heterocycles. The molecule has 2 heterocycles. The van der Waals surface area contributed by atoms with Crippen molar-refractivity contribution in [3.63, 3.8) is 0 Å². The van der Waals surface area contributed by atoms with Crippen LogP contribution in [0.5, 0.6) is 0 Å². The van der Waals surface area contributed by atoms with Gasteiger partial charge in [0, 0.05) is 13.1 Å². The number of rotatable bonds is 4. The van der Waals surface area contributed by atoms with Gasteiger partial charge in [-0.2, -0.15) is 0 Å². The first-order valence-corrected chi connectivity index (χ1v) is 5.78. The Morgan fingerprint density at radius 3 is 3.18 bits per heavy atom. The van der Waals surface area contributed by atoms with Crippen LogP contribution in [0.2, 0.25) is 0 Å². The van der Waals surface area contributed by atoms with Gasteiger partial charge < -0.3 is 15.7 Å². The Morgan fingerprint density at radius 1 is 1.65 bits per heavy atom. The van der Waals surface area contributed by atoms with Crippen LogP contribution in [0.25, 0.3) is 0 Å². The number of likely N-dealkylation sites (tertiary alicyclic amines) is 1. The van der Waals surface area contributed by atoms with Crippen molar-refractivity contribution in [1.29, 1.82) is 0 Å². The van der Waals surface area contributed by atoms with Crippen LogP contribution in [-0.4, -0.2) is 56.6 Å². The van der Waals surface area contributed by atoms with Gasteiger partial charge in [0.2, 0.25) is 0 Å². The highest BCUT2D eigenvalue weighted by atomic mass is 16.3. The quantitative estimate of drug-likeness (QED) is 0.690. The monoisotopic (exact) mass is 239 g/mol. The normalized spacial score (nSPS) is 19.9. The van der Waals surface area contributed by atoms with Crippen LogP contribution >= 0.6 is 0 Å². The van der Waals surface area contributed by atoms with Crippen LogP contribution in [-0.2, 0) is 6.54 Å². The summed E-state index contributed by atoms with van der Waals surface area (Å²) in [5, 5.41) is 16.8. The molecule has 0 unspecified atom stereocenters. The minimum absolute atomic E-state index is 0.00266. The van der Waals surface area contributed by atoms with Crippen LogP contribution < -0.4 is 5.73 Å². The lowest BCUT2D eigenvalue weighted by atomic mass is 10.2. The number of nitrogens with zero attached hydrogens (tertiary/aromatic N) is 4. The maximum atomic E-state index is 12.1. The highest BCUT2D eigenvalue weighted by Crippen LogP contribution is 2.18. The Morgan fingerprint density at radius 2 is 2.47 bits per heavy atom. The van der Waals surface area contributed by atoms with Crippen molar-refractivity contribution in [3.8, 4) is 0 Å². The van der Waals surface area contributed by atoms with Crippen LogP contribution in [0, 0.1) is 0 Å². The molecule has 0 bridgehead atoms. The third-order valence-electron chi connectivity index (χ3n) is 2.96. The van der Waals surface area contributed by atoms with E-state index in [0.717, 1.165) is 12.8 Å². The highest BCUT2D eigenvalue weighted by molar-refractivity contribution is 5.92. The molecule has 0 aliphatic carbocycles. The lowest BCUT2D eigenvalue weighted by Gasteiger charge is -2.21. The van der Waals surface area contributed by atoms with Crippen molar-refractivity contribution in [2.45, 2.75) is 25.4 Å². The summed E-state index contributed by atoms with van der Waals surface area (Å²) in [4.78, 5) is 13.8. The molecule has 1 aliphatic heterocycles. The molecule has 7 heteroatoms. The minimum Gasteiger partial charge on any atom is -0.394 e. The zero-order valence-electron chi connectivity index (χ0n) is 9.62. The van der Waals surface area contributed by atoms with Gasteiger partial charge in [-0.3, -0.25) is 9.48 Å². The Balaban J connectivity index is 2.07. The molecule has 1 fully saturated rings. The number of nitrogens with two attached hydrogens (primary N) is 1. The van der Waals surface area contributed by atoms with E-state index in [0.29, 0.717) is 25.3 Å². The fourth-order valence-corrected chi connectivity index (χ4v) is 2.08. The molecule has 1 aromatic rings. The summed E-state index contributed by atoms with van der Waals surface area (Å²) in [6.45, 7) is 1.68. The third kappa shape index (κ3) is 2.45. The number of carbonyl (C=O) groups excluding carboxylic acids is 1. The summed E-state index contributed by atoms with van der Waals surface area (Å²) < 4.78 is 1.55. The fraction of sp³-hybridized carbons (Fsp3) is 0.700. The lowest BCUT2D eigenvalue weighted by molar-refractivity contribution is 0.0671. The fourth-order valence-electron chi connectivity index (χ4n) is 2.08. The summed E-state index contributed by atoms with van der Waals surface area (Å²) >= 11 is 0. The van der Waals surface area contributed by atoms with Crippen molar-refractivity contribution >= 4 is 5.91 Å². The molecule has 1 aliphatic rings. The molecule has 2 rings (SSSR count). The van der Waals surface area contributed by atoms with Crippen molar-refractivity contribution in [2.24, 2.45) is 5.73 Å². The number of hydrogen-bond donors (Lipinski definition) is 2. The molecule has 94 valence electrons. The van der Waals surface area contributed by atoms with E-state index >= 15 is 0 Å². The average Bonchev–Trinajstić information content (AvgIpc) is 2.96. The van der Waals surface area contributed by atoms with Gasteiger partial charge in [-0.1, -0.05) is 5.21 Å². The van der Waals surface area contributed by atoms with Gasteiger partial charge in [0.25, 0.3) is 5.91 Å². The van der Waals surface area contributed by atoms with E-state index in [1.807, 2.05) is 0 Å². The Kier molecular flexibility index (Phi) is 3.70. The van der Waals surface area contributed by atoms with Crippen LogP contribution in [0.4, 0.5) is 0 Å².